The maximum absolute atomic E-state index is 6.21. The van der Waals surface area contributed by atoms with Crippen LogP contribution in [0.3, 0.4) is 0 Å². The Morgan fingerprint density at radius 1 is 1.25 bits per heavy atom. The van der Waals surface area contributed by atoms with Gasteiger partial charge in [0.2, 0.25) is 0 Å². The van der Waals surface area contributed by atoms with E-state index in [0.717, 1.165) is 12.6 Å². The molecule has 0 aromatic carbocycles. The van der Waals surface area contributed by atoms with E-state index in [4.69, 9.17) is 5.73 Å². The Balaban J connectivity index is 2.30. The normalized spacial score (nSPS) is 24.6. The van der Waals surface area contributed by atoms with Gasteiger partial charge in [0.1, 0.15) is 0 Å². The summed E-state index contributed by atoms with van der Waals surface area (Å²) in [6, 6.07) is 1.23. The molecule has 1 aliphatic rings. The van der Waals surface area contributed by atoms with Gasteiger partial charge < -0.3 is 5.73 Å². The van der Waals surface area contributed by atoms with Crippen molar-refractivity contribution in [3.8, 4) is 0 Å². The first kappa shape index (κ1) is 14.0. The van der Waals surface area contributed by atoms with Gasteiger partial charge in [0.15, 0.2) is 0 Å². The van der Waals surface area contributed by atoms with E-state index >= 15 is 0 Å². The van der Waals surface area contributed by atoms with Crippen LogP contribution < -0.4 is 5.73 Å². The lowest BCUT2D eigenvalue weighted by atomic mass is 9.97. The first-order valence-electron chi connectivity index (χ1n) is 7.27. The minimum atomic E-state index is 0.400. The van der Waals surface area contributed by atoms with Gasteiger partial charge in [-0.05, 0) is 32.2 Å². The third-order valence-corrected chi connectivity index (χ3v) is 3.77. The Labute approximate surface area is 102 Å². The molecule has 0 bridgehead atoms. The molecule has 2 N–H and O–H groups in total. The Bertz CT molecular complexity index is 168. The molecule has 0 spiro atoms. The second kappa shape index (κ2) is 8.08. The summed E-state index contributed by atoms with van der Waals surface area (Å²) in [6.45, 7) is 6.95. The molecule has 0 radical (unpaired) electrons. The summed E-state index contributed by atoms with van der Waals surface area (Å²) in [5, 5.41) is 0. The summed E-state index contributed by atoms with van der Waals surface area (Å²) >= 11 is 0. The van der Waals surface area contributed by atoms with Gasteiger partial charge in [0.25, 0.3) is 0 Å². The fourth-order valence-electron chi connectivity index (χ4n) is 2.82. The third-order valence-electron chi connectivity index (χ3n) is 3.77. The minimum absolute atomic E-state index is 0.400. The second-order valence-corrected chi connectivity index (χ2v) is 5.34. The number of unbranched alkanes of at least 4 members (excludes halogenated alkanes) is 1. The summed E-state index contributed by atoms with van der Waals surface area (Å²) in [7, 11) is 0. The van der Waals surface area contributed by atoms with Crippen molar-refractivity contribution >= 4 is 0 Å². The highest BCUT2D eigenvalue weighted by Gasteiger charge is 2.22. The van der Waals surface area contributed by atoms with E-state index in [1.54, 1.807) is 0 Å². The molecule has 0 aliphatic carbocycles. The van der Waals surface area contributed by atoms with E-state index in [2.05, 4.69) is 18.7 Å². The molecule has 2 atom stereocenters. The van der Waals surface area contributed by atoms with Crippen molar-refractivity contribution in [2.24, 2.45) is 5.73 Å². The zero-order valence-electron chi connectivity index (χ0n) is 11.3. The second-order valence-electron chi connectivity index (χ2n) is 5.34. The average Bonchev–Trinajstić information content (AvgIpc) is 2.29. The maximum atomic E-state index is 6.21. The van der Waals surface area contributed by atoms with E-state index in [1.165, 1.54) is 57.9 Å². The molecule has 0 aromatic rings. The fourth-order valence-corrected chi connectivity index (χ4v) is 2.82. The van der Waals surface area contributed by atoms with Crippen LogP contribution in [-0.4, -0.2) is 30.1 Å². The molecular weight excluding hydrogens is 196 g/mol. The van der Waals surface area contributed by atoms with Crippen LogP contribution in [0, 0.1) is 0 Å². The molecule has 0 amide bonds. The van der Waals surface area contributed by atoms with Crippen molar-refractivity contribution in [2.45, 2.75) is 77.3 Å². The molecule has 2 heteroatoms. The molecule has 1 heterocycles. The number of hydrogen-bond acceptors (Lipinski definition) is 2. The molecule has 1 saturated heterocycles. The molecule has 96 valence electrons. The number of nitrogens with two attached hydrogens (primary N) is 1. The van der Waals surface area contributed by atoms with E-state index in [-0.39, 0.29) is 0 Å². The Kier molecular flexibility index (Phi) is 7.06. The maximum Gasteiger partial charge on any atom is 0.0167 e. The van der Waals surface area contributed by atoms with Crippen LogP contribution >= 0.6 is 0 Å². The largest absolute Gasteiger partial charge is 0.327 e. The van der Waals surface area contributed by atoms with Crippen molar-refractivity contribution in [1.29, 1.82) is 0 Å². The number of likely N-dealkylation sites (tertiary alicyclic amines) is 1. The van der Waals surface area contributed by atoms with Gasteiger partial charge in [0, 0.05) is 18.6 Å². The lowest BCUT2D eigenvalue weighted by Crippen LogP contribution is -2.46. The van der Waals surface area contributed by atoms with Crippen LogP contribution in [0.15, 0.2) is 0 Å². The Morgan fingerprint density at radius 2 is 2.06 bits per heavy atom. The monoisotopic (exact) mass is 226 g/mol. The van der Waals surface area contributed by atoms with Crippen LogP contribution in [0.25, 0.3) is 0 Å². The van der Waals surface area contributed by atoms with E-state index in [1.807, 2.05) is 0 Å². The summed E-state index contributed by atoms with van der Waals surface area (Å²) in [4.78, 5) is 2.66. The molecule has 2 nitrogen and oxygen atoms in total. The molecule has 16 heavy (non-hydrogen) atoms. The van der Waals surface area contributed by atoms with Gasteiger partial charge in [-0.1, -0.05) is 39.5 Å². The highest BCUT2D eigenvalue weighted by Crippen LogP contribution is 2.21. The minimum Gasteiger partial charge on any atom is -0.327 e. The SMILES string of the molecule is CCCCC(N)CN1CCCCC1CCC. The Hall–Kier alpha value is -0.0800. The van der Waals surface area contributed by atoms with E-state index in [0.29, 0.717) is 6.04 Å². The topological polar surface area (TPSA) is 29.3 Å². The summed E-state index contributed by atoms with van der Waals surface area (Å²) in [6.07, 6.45) is 10.6. The fraction of sp³-hybridized carbons (Fsp3) is 1.00. The van der Waals surface area contributed by atoms with Crippen molar-refractivity contribution in [1.82, 2.24) is 4.90 Å². The first-order valence-corrected chi connectivity index (χ1v) is 7.27. The van der Waals surface area contributed by atoms with Gasteiger partial charge in [-0.25, -0.2) is 0 Å². The van der Waals surface area contributed by atoms with Gasteiger partial charge in [-0.15, -0.1) is 0 Å². The van der Waals surface area contributed by atoms with Crippen LogP contribution in [0.2, 0.25) is 0 Å². The summed E-state index contributed by atoms with van der Waals surface area (Å²) < 4.78 is 0. The lowest BCUT2D eigenvalue weighted by molar-refractivity contribution is 0.129. The number of rotatable bonds is 7. The molecule has 1 fully saturated rings. The van der Waals surface area contributed by atoms with Crippen molar-refractivity contribution in [3.05, 3.63) is 0 Å². The smallest absolute Gasteiger partial charge is 0.0167 e. The van der Waals surface area contributed by atoms with Crippen LogP contribution in [0.5, 0.6) is 0 Å². The lowest BCUT2D eigenvalue weighted by Gasteiger charge is -2.37. The van der Waals surface area contributed by atoms with Gasteiger partial charge in [-0.2, -0.15) is 0 Å². The molecule has 0 saturated carbocycles. The third kappa shape index (κ3) is 4.84. The van der Waals surface area contributed by atoms with Crippen molar-refractivity contribution < 1.29 is 0 Å². The van der Waals surface area contributed by atoms with Gasteiger partial charge >= 0.3 is 0 Å². The number of piperidine rings is 1. The highest BCUT2D eigenvalue weighted by molar-refractivity contribution is 4.79. The van der Waals surface area contributed by atoms with Gasteiger partial charge in [-0.3, -0.25) is 4.90 Å². The first-order chi connectivity index (χ1) is 7.77. The van der Waals surface area contributed by atoms with Crippen molar-refractivity contribution in [3.63, 3.8) is 0 Å². The standard InChI is InChI=1S/C14H30N2/c1-3-5-9-13(15)12-16-11-7-6-10-14(16)8-4-2/h13-14H,3-12,15H2,1-2H3. The zero-order chi connectivity index (χ0) is 11.8. The van der Waals surface area contributed by atoms with Crippen LogP contribution in [0.1, 0.15) is 65.2 Å². The average molecular weight is 226 g/mol. The Morgan fingerprint density at radius 3 is 2.75 bits per heavy atom. The number of hydrogen-bond donors (Lipinski definition) is 1. The highest BCUT2D eigenvalue weighted by atomic mass is 15.2. The zero-order valence-corrected chi connectivity index (χ0v) is 11.3. The quantitative estimate of drug-likeness (QED) is 0.722. The molecule has 1 aliphatic heterocycles. The van der Waals surface area contributed by atoms with E-state index < -0.39 is 0 Å². The van der Waals surface area contributed by atoms with E-state index in [9.17, 15) is 0 Å². The molecule has 0 aromatic heterocycles. The molecular formula is C14H30N2. The van der Waals surface area contributed by atoms with Crippen LogP contribution in [-0.2, 0) is 0 Å². The summed E-state index contributed by atoms with van der Waals surface area (Å²) in [5.74, 6) is 0. The summed E-state index contributed by atoms with van der Waals surface area (Å²) in [5.41, 5.74) is 6.21. The number of nitrogens with zero attached hydrogens (tertiary/aromatic N) is 1. The molecule has 1 rings (SSSR count). The van der Waals surface area contributed by atoms with Crippen molar-refractivity contribution in [2.75, 3.05) is 13.1 Å². The molecule has 2 unspecified atom stereocenters. The van der Waals surface area contributed by atoms with Crippen LogP contribution in [0.4, 0.5) is 0 Å². The predicted octanol–water partition coefficient (Wildman–Crippen LogP) is 3.16. The predicted molar refractivity (Wildman–Crippen MR) is 71.6 cm³/mol. The van der Waals surface area contributed by atoms with Gasteiger partial charge in [0.05, 0.1) is 0 Å².